The van der Waals surface area contributed by atoms with Crippen molar-refractivity contribution >= 4 is 156 Å². The number of hydrogen-bond acceptors (Lipinski definition) is 16. The topological polar surface area (TPSA) is 108 Å². The number of aliphatic hydroxyl groups excluding tert-OH is 1. The van der Waals surface area contributed by atoms with Gasteiger partial charge in [-0.05, 0) is 0 Å². The quantitative estimate of drug-likeness (QED) is 0.0460. The highest BCUT2D eigenvalue weighted by Gasteiger charge is 2.02. The summed E-state index contributed by atoms with van der Waals surface area (Å²) in [5.41, 5.74) is 3.01. The number of nitrogens with zero attached hydrogens (tertiary/aromatic N) is 2. The van der Waals surface area contributed by atoms with Crippen LogP contribution in [-0.2, 0) is 21.6 Å². The first-order valence-electron chi connectivity index (χ1n) is 10.5. The molecule has 2 atom stereocenters. The zero-order valence-corrected chi connectivity index (χ0v) is 30.3. The van der Waals surface area contributed by atoms with Crippen LogP contribution in [0.1, 0.15) is 0 Å². The van der Waals surface area contributed by atoms with Gasteiger partial charge in [0, 0.05) is 59.9 Å². The van der Waals surface area contributed by atoms with Crippen molar-refractivity contribution in [2.75, 3.05) is 83.3 Å². The van der Waals surface area contributed by atoms with E-state index in [1.807, 2.05) is 47.0 Å². The summed E-state index contributed by atoms with van der Waals surface area (Å²) in [4.78, 5) is 19.8. The Hall–Kier alpha value is 2.57. The maximum Gasteiger partial charge on any atom is 0.280 e. The Balaban J connectivity index is 3.31. The molecule has 0 heterocycles. The molecule has 0 saturated carbocycles. The molecule has 0 spiro atoms. The molecule has 37 heavy (non-hydrogen) atoms. The molecule has 0 aromatic rings. The first kappa shape index (κ1) is 39.6. The summed E-state index contributed by atoms with van der Waals surface area (Å²) in [6, 6.07) is 0. The minimum absolute atomic E-state index is 0.0283. The Morgan fingerprint density at radius 3 is 2.08 bits per heavy atom. The molecule has 0 fully saturated rings. The number of aliphatic hydroxyl groups is 1. The van der Waals surface area contributed by atoms with Crippen LogP contribution >= 0.6 is 118 Å². The molecule has 0 aliphatic rings. The van der Waals surface area contributed by atoms with Crippen LogP contribution in [-0.4, -0.2) is 113 Å². The minimum Gasteiger partial charge on any atom is -0.396 e. The lowest BCUT2D eigenvalue weighted by atomic mass is 10.9. The number of thioether (sulfide) groups is 10. The van der Waals surface area contributed by atoms with Gasteiger partial charge in [-0.1, -0.05) is 11.8 Å². The van der Waals surface area contributed by atoms with Gasteiger partial charge in [-0.2, -0.15) is 11.8 Å². The van der Waals surface area contributed by atoms with Gasteiger partial charge in [0.2, 0.25) is 0 Å². The number of rotatable bonds is 27. The molecule has 0 saturated heterocycles. The van der Waals surface area contributed by atoms with E-state index in [0.29, 0.717) is 28.3 Å². The molecule has 0 aliphatic heterocycles. The predicted octanol–water partition coefficient (Wildman–Crippen LogP) is 5.78. The number of carbonyl (C=O) groups is 1. The van der Waals surface area contributed by atoms with Crippen molar-refractivity contribution in [1.29, 1.82) is 0 Å². The van der Waals surface area contributed by atoms with E-state index in [4.69, 9.17) is 5.11 Å². The Labute approximate surface area is 269 Å². The highest BCUT2D eigenvalue weighted by Crippen LogP contribution is 2.24. The smallest absolute Gasteiger partial charge is 0.280 e. The molecule has 0 aliphatic carbocycles. The third kappa shape index (κ3) is 32.9. The molecule has 0 rings (SSSR count). The molecule has 0 aromatic carbocycles. The van der Waals surface area contributed by atoms with E-state index in [1.54, 1.807) is 65.9 Å². The Morgan fingerprint density at radius 2 is 1.41 bits per heavy atom. The average molecular weight is 742 g/mol. The van der Waals surface area contributed by atoms with Crippen molar-refractivity contribution in [1.82, 2.24) is 5.32 Å². The lowest BCUT2D eigenvalue weighted by molar-refractivity contribution is 0.262. The third-order valence-electron chi connectivity index (χ3n) is 3.04. The standard InChI is InChI=1S/C18H35N3O4S12/c1-19-8-37(25)17-34-15-32-13-31-14-33-16-35-18(23)21-7-28-11-30-12-29-10-27-6-20-9-36(24)5-4-26-3-2-22/h8-9,22H,2-7,10-17H2,1H3,(H,21,23)/b19-8?,20-9+. The predicted molar refractivity (Wildman–Crippen MR) is 194 cm³/mol. The fourth-order valence-electron chi connectivity index (χ4n) is 1.65. The van der Waals surface area contributed by atoms with Gasteiger partial charge in [0.15, 0.2) is 0 Å². The van der Waals surface area contributed by atoms with Crippen molar-refractivity contribution < 1.29 is 18.3 Å². The molecule has 2 N–H and O–H groups in total. The number of hydrogen-bond donors (Lipinski definition) is 2. The van der Waals surface area contributed by atoms with Gasteiger partial charge in [0.1, 0.15) is 0 Å². The second kappa shape index (κ2) is 33.1. The Kier molecular flexibility index (Phi) is 35.4. The molecule has 19 heteroatoms. The zero-order valence-electron chi connectivity index (χ0n) is 20.5. The molecule has 0 bridgehead atoms. The van der Waals surface area contributed by atoms with E-state index in [1.165, 1.54) is 22.9 Å². The SMILES string of the molecule is CN=CS(=O)CSCSCSCSCSC(=O)NCSCSCSCSC/N=C/S(=O)CCSCCO. The Morgan fingerprint density at radius 1 is 0.784 bits per heavy atom. The summed E-state index contributed by atoms with van der Waals surface area (Å²) < 4.78 is 23.1. The molecular weight excluding hydrogens is 707 g/mol. The first-order chi connectivity index (χ1) is 18.1. The molecule has 1 amide bonds. The van der Waals surface area contributed by atoms with Gasteiger partial charge < -0.3 is 10.4 Å². The summed E-state index contributed by atoms with van der Waals surface area (Å²) in [5.74, 6) is 3.31. The van der Waals surface area contributed by atoms with Crippen LogP contribution in [0.25, 0.3) is 0 Å². The van der Waals surface area contributed by atoms with Gasteiger partial charge >= 0.3 is 0 Å². The number of carbonyl (C=O) groups excluding carboxylic acids is 1. The van der Waals surface area contributed by atoms with Crippen LogP contribution < -0.4 is 5.32 Å². The maximum absolute atomic E-state index is 11.9. The van der Waals surface area contributed by atoms with Crippen LogP contribution in [0.3, 0.4) is 0 Å². The van der Waals surface area contributed by atoms with E-state index < -0.39 is 21.6 Å². The van der Waals surface area contributed by atoms with E-state index in [2.05, 4.69) is 15.3 Å². The number of aliphatic imine (C=N–C) groups is 2. The third-order valence-corrected chi connectivity index (χ3v) is 17.5. The van der Waals surface area contributed by atoms with E-state index in [9.17, 15) is 13.2 Å². The minimum atomic E-state index is -1.01. The molecule has 2 unspecified atom stereocenters. The highest BCUT2D eigenvalue weighted by molar-refractivity contribution is 8.30. The van der Waals surface area contributed by atoms with Gasteiger partial charge in [0.25, 0.3) is 5.24 Å². The van der Waals surface area contributed by atoms with Crippen molar-refractivity contribution in [2.45, 2.75) is 0 Å². The van der Waals surface area contributed by atoms with Gasteiger partial charge in [-0.25, -0.2) is 0 Å². The van der Waals surface area contributed by atoms with Crippen molar-refractivity contribution in [3.8, 4) is 0 Å². The summed E-state index contributed by atoms with van der Waals surface area (Å²) in [6.07, 6.45) is 0. The maximum atomic E-state index is 11.9. The van der Waals surface area contributed by atoms with Crippen molar-refractivity contribution in [2.24, 2.45) is 9.98 Å². The second-order valence-electron chi connectivity index (χ2n) is 5.91. The number of amides is 1. The van der Waals surface area contributed by atoms with Gasteiger partial charge in [-0.3, -0.25) is 23.2 Å². The summed E-state index contributed by atoms with van der Waals surface area (Å²) in [7, 11) is -0.341. The normalized spacial score (nSPS) is 13.5. The summed E-state index contributed by atoms with van der Waals surface area (Å²) in [6.45, 7) is 0.163. The number of nitrogens with one attached hydrogen (secondary N) is 1. The lowest BCUT2D eigenvalue weighted by Gasteiger charge is -2.05. The largest absolute Gasteiger partial charge is 0.396 e. The molecule has 0 aromatic heterocycles. The summed E-state index contributed by atoms with van der Waals surface area (Å²) in [5, 5.41) is 18.8. The van der Waals surface area contributed by atoms with Crippen LogP contribution in [0.15, 0.2) is 9.98 Å². The van der Waals surface area contributed by atoms with Gasteiger partial charge in [-0.15, -0.1) is 94.1 Å². The van der Waals surface area contributed by atoms with E-state index in [-0.39, 0.29) is 11.8 Å². The Bertz CT molecular complexity index is 649. The average Bonchev–Trinajstić information content (AvgIpc) is 2.88. The highest BCUT2D eigenvalue weighted by atomic mass is 32.3. The molecule has 0 radical (unpaired) electrons. The van der Waals surface area contributed by atoms with Crippen LogP contribution in [0.2, 0.25) is 0 Å². The summed E-state index contributed by atoms with van der Waals surface area (Å²) >= 11 is 17.1. The second-order valence-corrected chi connectivity index (χ2v) is 21.5. The zero-order chi connectivity index (χ0) is 27.2. The molecule has 7 nitrogen and oxygen atoms in total. The monoisotopic (exact) mass is 741 g/mol. The van der Waals surface area contributed by atoms with Gasteiger partial charge in [0.05, 0.1) is 56.1 Å². The van der Waals surface area contributed by atoms with Crippen LogP contribution in [0.4, 0.5) is 4.79 Å². The van der Waals surface area contributed by atoms with Crippen LogP contribution in [0.5, 0.6) is 0 Å². The molecule has 218 valence electrons. The lowest BCUT2D eigenvalue weighted by Crippen LogP contribution is -2.17. The fraction of sp³-hybridized carbons (Fsp3) is 0.833. The molecular formula is C18H35N3O4S12. The van der Waals surface area contributed by atoms with Crippen molar-refractivity contribution in [3.05, 3.63) is 0 Å². The fourth-order valence-corrected chi connectivity index (χ4v) is 14.9. The van der Waals surface area contributed by atoms with Crippen molar-refractivity contribution in [3.63, 3.8) is 0 Å². The van der Waals surface area contributed by atoms with E-state index in [0.717, 1.165) is 41.3 Å². The van der Waals surface area contributed by atoms with Crippen LogP contribution in [0, 0.1) is 0 Å². The first-order valence-corrected chi connectivity index (χ1v) is 24.6. The van der Waals surface area contributed by atoms with E-state index >= 15 is 0 Å².